The molecule has 1 saturated carbocycles. The lowest BCUT2D eigenvalue weighted by Gasteiger charge is -2.38. The molecule has 46 heavy (non-hydrogen) atoms. The molecule has 2 aliphatic rings. The fraction of sp³-hybridized carbons (Fsp3) is 0.444. The zero-order valence-electron chi connectivity index (χ0n) is 26.6. The molecule has 3 aromatic carbocycles. The number of halogens is 2. The molecule has 0 bridgehead atoms. The lowest BCUT2D eigenvalue weighted by atomic mass is 9.87. The van der Waals surface area contributed by atoms with Gasteiger partial charge in [0.25, 0.3) is 5.91 Å². The lowest BCUT2D eigenvalue weighted by Crippen LogP contribution is -2.53. The Balaban J connectivity index is 1.47. The van der Waals surface area contributed by atoms with E-state index in [9.17, 15) is 9.59 Å². The Bertz CT molecular complexity index is 1490. The van der Waals surface area contributed by atoms with Gasteiger partial charge in [-0.25, -0.2) is 4.39 Å². The van der Waals surface area contributed by atoms with Crippen molar-refractivity contribution in [1.29, 1.82) is 0 Å². The van der Waals surface area contributed by atoms with Gasteiger partial charge in [-0.3, -0.25) is 9.59 Å². The fourth-order valence-electron chi connectivity index (χ4n) is 6.32. The Labute approximate surface area is 275 Å². The number of nitrogens with one attached hydrogen (secondary N) is 2. The van der Waals surface area contributed by atoms with Crippen molar-refractivity contribution in [2.45, 2.75) is 50.6 Å². The van der Waals surface area contributed by atoms with Crippen molar-refractivity contribution in [3.05, 3.63) is 88.2 Å². The first-order valence-corrected chi connectivity index (χ1v) is 16.4. The monoisotopic (exact) mass is 650 g/mol. The summed E-state index contributed by atoms with van der Waals surface area (Å²) < 4.78 is 27.2. The van der Waals surface area contributed by atoms with Crippen LogP contribution in [0.3, 0.4) is 0 Å². The van der Waals surface area contributed by atoms with Crippen LogP contribution in [0, 0.1) is 11.7 Å². The first-order chi connectivity index (χ1) is 22.2. The predicted octanol–water partition coefficient (Wildman–Crippen LogP) is 5.37. The molecule has 10 heteroatoms. The van der Waals surface area contributed by atoms with Gasteiger partial charge in [-0.1, -0.05) is 48.0 Å². The molecule has 1 saturated heterocycles. The van der Waals surface area contributed by atoms with E-state index in [1.54, 1.807) is 24.1 Å². The quantitative estimate of drug-likeness (QED) is 0.215. The topological polar surface area (TPSA) is 106 Å². The smallest absolute Gasteiger partial charge is 0.252 e. The van der Waals surface area contributed by atoms with Crippen LogP contribution < -0.4 is 21.1 Å². The van der Waals surface area contributed by atoms with Crippen LogP contribution in [0.4, 0.5) is 4.39 Å². The van der Waals surface area contributed by atoms with Gasteiger partial charge in [-0.15, -0.1) is 0 Å². The molecular formula is C36H44ClFN4O4. The van der Waals surface area contributed by atoms with Gasteiger partial charge in [0.2, 0.25) is 5.91 Å². The van der Waals surface area contributed by atoms with Gasteiger partial charge in [0.15, 0.2) is 11.6 Å². The van der Waals surface area contributed by atoms with Crippen LogP contribution in [0.5, 0.6) is 5.75 Å². The molecule has 2 amide bonds. The van der Waals surface area contributed by atoms with E-state index in [-0.39, 0.29) is 53.9 Å². The van der Waals surface area contributed by atoms with E-state index >= 15 is 4.39 Å². The fourth-order valence-corrected chi connectivity index (χ4v) is 6.53. The molecule has 8 nitrogen and oxygen atoms in total. The predicted molar refractivity (Wildman–Crippen MR) is 179 cm³/mol. The highest BCUT2D eigenvalue weighted by atomic mass is 35.5. The maximum atomic E-state index is 16.4. The van der Waals surface area contributed by atoms with Crippen LogP contribution >= 0.6 is 11.6 Å². The van der Waals surface area contributed by atoms with Crippen LogP contribution in [0.25, 0.3) is 11.1 Å². The summed E-state index contributed by atoms with van der Waals surface area (Å²) in [5.41, 5.74) is 8.86. The first kappa shape index (κ1) is 33.9. The van der Waals surface area contributed by atoms with E-state index in [0.717, 1.165) is 36.8 Å². The number of benzene rings is 3. The Kier molecular flexibility index (Phi) is 11.7. The number of hydrogen-bond acceptors (Lipinski definition) is 6. The van der Waals surface area contributed by atoms with Crippen molar-refractivity contribution >= 4 is 23.4 Å². The van der Waals surface area contributed by atoms with Crippen LogP contribution in [-0.4, -0.2) is 75.3 Å². The molecule has 1 aliphatic carbocycles. The third-order valence-corrected chi connectivity index (χ3v) is 9.43. The molecule has 2 fully saturated rings. The minimum absolute atomic E-state index is 0.0115. The van der Waals surface area contributed by atoms with Crippen molar-refractivity contribution in [3.8, 4) is 16.9 Å². The molecule has 1 unspecified atom stereocenters. The number of hydrogen-bond donors (Lipinski definition) is 3. The summed E-state index contributed by atoms with van der Waals surface area (Å²) in [6.07, 6.45) is 4.06. The Morgan fingerprint density at radius 2 is 1.76 bits per heavy atom. The summed E-state index contributed by atoms with van der Waals surface area (Å²) in [4.78, 5) is 26.9. The summed E-state index contributed by atoms with van der Waals surface area (Å²) in [6.45, 7) is 4.18. The van der Waals surface area contributed by atoms with Crippen molar-refractivity contribution in [1.82, 2.24) is 15.5 Å². The number of carbonyl (C=O) groups excluding carboxylic acids is 2. The SMILES string of the molecule is COCCOc1ccc(C(=O)NCC2CN(C(C)=O)C2)c(-c2cc(C(CNC3CCC(N)CC3)c3ccccc3)ccc2Cl)c1F. The zero-order valence-corrected chi connectivity index (χ0v) is 27.3. The van der Waals surface area contributed by atoms with Gasteiger partial charge < -0.3 is 30.7 Å². The largest absolute Gasteiger partial charge is 0.488 e. The average Bonchev–Trinajstić information content (AvgIpc) is 3.03. The molecule has 0 radical (unpaired) electrons. The highest BCUT2D eigenvalue weighted by Crippen LogP contribution is 2.39. The van der Waals surface area contributed by atoms with E-state index in [0.29, 0.717) is 42.8 Å². The summed E-state index contributed by atoms with van der Waals surface area (Å²) in [6, 6.07) is 19.5. The van der Waals surface area contributed by atoms with Gasteiger partial charge in [0, 0.05) is 80.3 Å². The van der Waals surface area contributed by atoms with Crippen molar-refractivity contribution in [2.75, 3.05) is 46.5 Å². The summed E-state index contributed by atoms with van der Waals surface area (Å²) in [5, 5.41) is 7.02. The van der Waals surface area contributed by atoms with E-state index in [1.807, 2.05) is 30.3 Å². The number of rotatable bonds is 13. The van der Waals surface area contributed by atoms with Crippen molar-refractivity contribution < 1.29 is 23.5 Å². The van der Waals surface area contributed by atoms with E-state index < -0.39 is 11.7 Å². The number of carbonyl (C=O) groups is 2. The number of nitrogens with zero attached hydrogens (tertiary/aromatic N) is 1. The third-order valence-electron chi connectivity index (χ3n) is 9.10. The van der Waals surface area contributed by atoms with Gasteiger partial charge in [-0.2, -0.15) is 0 Å². The average molecular weight is 651 g/mol. The summed E-state index contributed by atoms with van der Waals surface area (Å²) >= 11 is 6.80. The standard InChI is InChI=1S/C36H44ClFN4O4/c1-23(43)42-21-24(22-42)19-41-36(44)29-13-15-33(46-17-16-45-2)35(38)34(29)30-18-26(8-14-32(30)37)31(25-6-4-3-5-7-25)20-40-28-11-9-27(39)10-12-28/h3-8,13-15,18,24,27-28,31,40H,9-12,16-17,19-22,39H2,1-2H3,(H,41,44). The maximum absolute atomic E-state index is 16.4. The minimum Gasteiger partial charge on any atom is -0.488 e. The normalized spacial score (nSPS) is 18.9. The van der Waals surface area contributed by atoms with Crippen molar-refractivity contribution in [3.63, 3.8) is 0 Å². The Morgan fingerprint density at radius 1 is 1.02 bits per heavy atom. The Hall–Kier alpha value is -3.50. The first-order valence-electron chi connectivity index (χ1n) is 16.1. The maximum Gasteiger partial charge on any atom is 0.252 e. The number of amides is 2. The Morgan fingerprint density at radius 3 is 2.46 bits per heavy atom. The molecule has 5 rings (SSSR count). The highest BCUT2D eigenvalue weighted by Gasteiger charge is 2.30. The summed E-state index contributed by atoms with van der Waals surface area (Å²) in [7, 11) is 1.54. The van der Waals surface area contributed by atoms with Crippen LogP contribution in [-0.2, 0) is 9.53 Å². The molecule has 1 aliphatic heterocycles. The van der Waals surface area contributed by atoms with Gasteiger partial charge in [0.05, 0.1) is 12.2 Å². The van der Waals surface area contributed by atoms with E-state index in [1.165, 1.54) is 13.0 Å². The molecule has 246 valence electrons. The summed E-state index contributed by atoms with van der Waals surface area (Å²) in [5.74, 6) is -0.963. The molecular weight excluding hydrogens is 607 g/mol. The van der Waals surface area contributed by atoms with Crippen LogP contribution in [0.2, 0.25) is 5.02 Å². The second kappa shape index (κ2) is 15.9. The molecule has 0 spiro atoms. The number of methoxy groups -OCH3 is 1. The van der Waals surface area contributed by atoms with Crippen LogP contribution in [0.1, 0.15) is 60.0 Å². The number of ether oxygens (including phenoxy) is 2. The zero-order chi connectivity index (χ0) is 32.6. The van der Waals surface area contributed by atoms with E-state index in [4.69, 9.17) is 26.8 Å². The van der Waals surface area contributed by atoms with Crippen LogP contribution in [0.15, 0.2) is 60.7 Å². The second-order valence-corrected chi connectivity index (χ2v) is 12.8. The molecule has 1 heterocycles. The van der Waals surface area contributed by atoms with Crippen molar-refractivity contribution in [2.24, 2.45) is 11.7 Å². The second-order valence-electron chi connectivity index (χ2n) is 12.4. The van der Waals surface area contributed by atoms with Gasteiger partial charge in [-0.05, 0) is 61.1 Å². The molecule has 4 N–H and O–H groups in total. The van der Waals surface area contributed by atoms with Gasteiger partial charge in [0.1, 0.15) is 6.61 Å². The van der Waals surface area contributed by atoms with E-state index in [2.05, 4.69) is 22.8 Å². The number of likely N-dealkylation sites (tertiary alicyclic amines) is 1. The number of nitrogens with two attached hydrogens (primary N) is 1. The molecule has 0 aromatic heterocycles. The van der Waals surface area contributed by atoms with Gasteiger partial charge >= 0.3 is 0 Å². The minimum atomic E-state index is -0.665. The lowest BCUT2D eigenvalue weighted by molar-refractivity contribution is -0.134. The third kappa shape index (κ3) is 8.25. The highest BCUT2D eigenvalue weighted by molar-refractivity contribution is 6.33. The molecule has 3 aromatic rings. The molecule has 1 atom stereocenters.